The zero-order chi connectivity index (χ0) is 22.4. The fourth-order valence-corrected chi connectivity index (χ4v) is 4.83. The first-order chi connectivity index (χ1) is 16.1. The van der Waals surface area contributed by atoms with Gasteiger partial charge in [0.05, 0.1) is 12.8 Å². The summed E-state index contributed by atoms with van der Waals surface area (Å²) in [6.45, 7) is 4.61. The van der Waals surface area contributed by atoms with Crippen molar-refractivity contribution in [3.8, 4) is 17.3 Å². The Hall–Kier alpha value is -3.39. The van der Waals surface area contributed by atoms with E-state index in [2.05, 4.69) is 45.1 Å². The zero-order valence-electron chi connectivity index (χ0n) is 18.7. The van der Waals surface area contributed by atoms with Gasteiger partial charge in [0.2, 0.25) is 5.88 Å². The van der Waals surface area contributed by atoms with Crippen LogP contribution in [0.3, 0.4) is 0 Å². The van der Waals surface area contributed by atoms with Crippen molar-refractivity contribution in [2.24, 2.45) is 5.92 Å². The molecule has 8 nitrogen and oxygen atoms in total. The van der Waals surface area contributed by atoms with Crippen LogP contribution in [0.5, 0.6) is 5.88 Å². The number of hydrogen-bond acceptors (Lipinski definition) is 7. The summed E-state index contributed by atoms with van der Waals surface area (Å²) in [5, 5.41) is 5.76. The molecular formula is C25H27N5O3. The number of piperazine rings is 1. The smallest absolute Gasteiger partial charge is 0.231 e. The van der Waals surface area contributed by atoms with E-state index < -0.39 is 0 Å². The Labute approximate surface area is 191 Å². The molecule has 4 aromatic rings. The lowest BCUT2D eigenvalue weighted by atomic mass is 10.1. The van der Waals surface area contributed by atoms with Gasteiger partial charge in [-0.05, 0) is 37.7 Å². The number of hydrogen-bond donors (Lipinski definition) is 0. The third kappa shape index (κ3) is 3.84. The molecule has 1 saturated heterocycles. The number of ketones is 1. The normalized spacial score (nSPS) is 19.7. The van der Waals surface area contributed by atoms with Gasteiger partial charge >= 0.3 is 0 Å². The summed E-state index contributed by atoms with van der Waals surface area (Å²) in [5.74, 6) is 1.85. The number of aromatic nitrogens is 3. The monoisotopic (exact) mass is 445 g/mol. The van der Waals surface area contributed by atoms with Crippen molar-refractivity contribution in [2.45, 2.75) is 19.3 Å². The fourth-order valence-electron chi connectivity index (χ4n) is 4.83. The minimum absolute atomic E-state index is 0.278. The second-order valence-electron chi connectivity index (χ2n) is 9.13. The molecule has 2 fully saturated rings. The molecule has 3 aromatic heterocycles. The summed E-state index contributed by atoms with van der Waals surface area (Å²) in [7, 11) is 2.16. The highest BCUT2D eigenvalue weighted by Gasteiger charge is 2.23. The molecule has 33 heavy (non-hydrogen) atoms. The van der Waals surface area contributed by atoms with E-state index in [-0.39, 0.29) is 5.92 Å². The Balaban J connectivity index is 1.30. The lowest BCUT2D eigenvalue weighted by molar-refractivity contribution is -0.117. The van der Waals surface area contributed by atoms with E-state index in [1.165, 1.54) is 5.69 Å². The molecule has 4 heterocycles. The van der Waals surface area contributed by atoms with Gasteiger partial charge in [0.1, 0.15) is 17.1 Å². The minimum Gasteiger partial charge on any atom is -0.476 e. The second-order valence-corrected chi connectivity index (χ2v) is 9.13. The van der Waals surface area contributed by atoms with Crippen molar-refractivity contribution in [3.63, 3.8) is 0 Å². The van der Waals surface area contributed by atoms with Crippen LogP contribution < -0.4 is 9.64 Å². The van der Waals surface area contributed by atoms with E-state index in [1.54, 1.807) is 10.7 Å². The van der Waals surface area contributed by atoms with Gasteiger partial charge in [0.15, 0.2) is 11.4 Å². The Morgan fingerprint density at radius 1 is 1.15 bits per heavy atom. The number of likely N-dealkylation sites (N-methyl/N-ethyl adjacent to an activating group) is 1. The average molecular weight is 446 g/mol. The van der Waals surface area contributed by atoms with Crippen LogP contribution in [0.1, 0.15) is 19.3 Å². The van der Waals surface area contributed by atoms with Crippen LogP contribution in [-0.4, -0.2) is 65.1 Å². The maximum Gasteiger partial charge on any atom is 0.231 e. The number of carbonyl (C=O) groups is 1. The van der Waals surface area contributed by atoms with Crippen molar-refractivity contribution in [3.05, 3.63) is 42.6 Å². The van der Waals surface area contributed by atoms with Gasteiger partial charge in [-0.3, -0.25) is 4.79 Å². The van der Waals surface area contributed by atoms with Gasteiger partial charge in [0, 0.05) is 62.1 Å². The maximum absolute atomic E-state index is 11.5. The van der Waals surface area contributed by atoms with Crippen LogP contribution in [0.4, 0.5) is 5.69 Å². The molecule has 1 aromatic carbocycles. The first-order valence-corrected chi connectivity index (χ1v) is 11.6. The lowest BCUT2D eigenvalue weighted by Crippen LogP contribution is -2.44. The zero-order valence-corrected chi connectivity index (χ0v) is 18.7. The molecule has 1 atom stereocenters. The van der Waals surface area contributed by atoms with Crippen molar-refractivity contribution >= 4 is 28.1 Å². The summed E-state index contributed by atoms with van der Waals surface area (Å²) in [6.07, 6.45) is 3.95. The van der Waals surface area contributed by atoms with E-state index >= 15 is 0 Å². The summed E-state index contributed by atoms with van der Waals surface area (Å²) in [6, 6.07) is 12.0. The summed E-state index contributed by atoms with van der Waals surface area (Å²) in [5.41, 5.74) is 3.57. The summed E-state index contributed by atoms with van der Waals surface area (Å²) in [4.78, 5) is 20.8. The van der Waals surface area contributed by atoms with Crippen LogP contribution in [0.25, 0.3) is 28.1 Å². The van der Waals surface area contributed by atoms with Gasteiger partial charge in [0.25, 0.3) is 0 Å². The third-order valence-electron chi connectivity index (χ3n) is 6.79. The molecule has 0 unspecified atom stereocenters. The molecule has 0 spiro atoms. The second kappa shape index (κ2) is 8.19. The number of nitrogens with zero attached hydrogens (tertiary/aromatic N) is 5. The minimum atomic E-state index is 0.278. The van der Waals surface area contributed by atoms with E-state index in [4.69, 9.17) is 9.15 Å². The van der Waals surface area contributed by atoms with Crippen molar-refractivity contribution < 1.29 is 13.9 Å². The number of furan rings is 1. The van der Waals surface area contributed by atoms with E-state index in [0.29, 0.717) is 31.1 Å². The van der Waals surface area contributed by atoms with Gasteiger partial charge in [-0.1, -0.05) is 6.07 Å². The molecule has 1 aliphatic heterocycles. The average Bonchev–Trinajstić information content (AvgIpc) is 3.55. The van der Waals surface area contributed by atoms with Crippen LogP contribution in [-0.2, 0) is 4.79 Å². The largest absolute Gasteiger partial charge is 0.476 e. The molecule has 0 bridgehead atoms. The van der Waals surface area contributed by atoms with Gasteiger partial charge in [-0.15, -0.1) is 5.10 Å². The van der Waals surface area contributed by atoms with Crippen molar-refractivity contribution in [2.75, 3.05) is 44.7 Å². The number of carbonyl (C=O) groups excluding carboxylic acids is 1. The molecule has 8 heteroatoms. The van der Waals surface area contributed by atoms with Crippen LogP contribution in [0.2, 0.25) is 0 Å². The van der Waals surface area contributed by atoms with E-state index in [1.807, 2.05) is 18.2 Å². The third-order valence-corrected chi connectivity index (χ3v) is 6.79. The molecular weight excluding hydrogens is 418 g/mol. The summed E-state index contributed by atoms with van der Waals surface area (Å²) >= 11 is 0. The number of anilines is 1. The van der Waals surface area contributed by atoms with Gasteiger partial charge < -0.3 is 19.0 Å². The lowest BCUT2D eigenvalue weighted by Gasteiger charge is -2.34. The topological polar surface area (TPSA) is 76.1 Å². The Morgan fingerprint density at radius 3 is 2.85 bits per heavy atom. The standard InChI is InChI=1S/C25H27N5O3/c1-28-9-11-29(12-10-28)20-3-2-4-22-19(20)14-23(33-22)21-15-26-24-7-8-25(27-30(21)24)32-16-17-5-6-18(31)13-17/h2-4,7-8,14-15,17H,5-6,9-13,16H2,1H3/t17-/m0/s1. The molecule has 2 aliphatic rings. The van der Waals surface area contributed by atoms with Crippen LogP contribution in [0, 0.1) is 5.92 Å². The molecule has 0 amide bonds. The first kappa shape index (κ1) is 20.2. The molecule has 6 rings (SSSR count). The molecule has 1 saturated carbocycles. The van der Waals surface area contributed by atoms with E-state index in [0.717, 1.165) is 60.7 Å². The predicted octanol–water partition coefficient (Wildman–Crippen LogP) is 3.64. The predicted molar refractivity (Wildman–Crippen MR) is 126 cm³/mol. The Kier molecular flexibility index (Phi) is 5.02. The quantitative estimate of drug-likeness (QED) is 0.464. The van der Waals surface area contributed by atoms with Crippen LogP contribution in [0.15, 0.2) is 47.0 Å². The van der Waals surface area contributed by atoms with Gasteiger partial charge in [-0.2, -0.15) is 0 Å². The van der Waals surface area contributed by atoms with E-state index in [9.17, 15) is 4.79 Å². The first-order valence-electron chi connectivity index (χ1n) is 11.6. The Bertz CT molecular complexity index is 1320. The molecule has 170 valence electrons. The highest BCUT2D eigenvalue weighted by atomic mass is 16.5. The number of imidazole rings is 1. The maximum atomic E-state index is 11.5. The van der Waals surface area contributed by atoms with Gasteiger partial charge in [-0.25, -0.2) is 9.50 Å². The molecule has 0 radical (unpaired) electrons. The Morgan fingerprint density at radius 2 is 2.03 bits per heavy atom. The number of fused-ring (bicyclic) bond motifs is 2. The fraction of sp³-hybridized carbons (Fsp3) is 0.400. The molecule has 0 N–H and O–H groups in total. The molecule has 1 aliphatic carbocycles. The number of ether oxygens (including phenoxy) is 1. The SMILES string of the molecule is CN1CCN(c2cccc3oc(-c4cnc5ccc(OC[C@H]6CCC(=O)C6)nn45)cc23)CC1. The number of rotatable bonds is 5. The van der Waals surface area contributed by atoms with Crippen molar-refractivity contribution in [1.82, 2.24) is 19.5 Å². The van der Waals surface area contributed by atoms with Crippen molar-refractivity contribution in [1.29, 1.82) is 0 Å². The highest BCUT2D eigenvalue weighted by molar-refractivity contribution is 5.94. The number of benzene rings is 1. The number of Topliss-reactive ketones (excluding diaryl/α,β-unsaturated/α-hetero) is 1. The summed E-state index contributed by atoms with van der Waals surface area (Å²) < 4.78 is 13.9. The van der Waals surface area contributed by atoms with Crippen LogP contribution >= 0.6 is 0 Å². The highest BCUT2D eigenvalue weighted by Crippen LogP contribution is 2.34.